The lowest BCUT2D eigenvalue weighted by molar-refractivity contribution is -0.140. The van der Waals surface area contributed by atoms with Crippen LogP contribution in [-0.2, 0) is 14.3 Å². The van der Waals surface area contributed by atoms with Crippen LogP contribution in [0.5, 0.6) is 0 Å². The fourth-order valence-electron chi connectivity index (χ4n) is 5.44. The van der Waals surface area contributed by atoms with Crippen LogP contribution in [0.4, 0.5) is 0 Å². The van der Waals surface area contributed by atoms with Crippen molar-refractivity contribution in [2.24, 2.45) is 11.3 Å². The Kier molecular flexibility index (Phi) is 5.24. The van der Waals surface area contributed by atoms with E-state index in [2.05, 4.69) is 4.90 Å². The molecule has 4 fully saturated rings. The number of amides is 2. The van der Waals surface area contributed by atoms with Gasteiger partial charge in [0, 0.05) is 58.2 Å². The summed E-state index contributed by atoms with van der Waals surface area (Å²) in [5, 5.41) is 0. The molecule has 0 bridgehead atoms. The quantitative estimate of drug-likeness (QED) is 0.740. The highest BCUT2D eigenvalue weighted by Gasteiger charge is 2.50. The maximum Gasteiger partial charge on any atom is 0.242 e. The van der Waals surface area contributed by atoms with E-state index in [1.54, 1.807) is 4.90 Å². The number of nitrogens with zero attached hydrogens (tertiary/aromatic N) is 3. The topological polar surface area (TPSA) is 53.1 Å². The molecule has 4 aliphatic rings. The van der Waals surface area contributed by atoms with Crippen LogP contribution in [0.1, 0.15) is 44.9 Å². The van der Waals surface area contributed by atoms with E-state index < -0.39 is 0 Å². The largest absolute Gasteiger partial charge is 0.384 e. The number of ether oxygens (including phenoxy) is 1. The second kappa shape index (κ2) is 7.47. The minimum atomic E-state index is 0.132. The van der Waals surface area contributed by atoms with E-state index in [9.17, 15) is 9.59 Å². The number of methoxy groups -OCH3 is 1. The van der Waals surface area contributed by atoms with Crippen molar-refractivity contribution in [2.45, 2.75) is 51.0 Å². The maximum absolute atomic E-state index is 12.6. The van der Waals surface area contributed by atoms with Gasteiger partial charge in [-0.25, -0.2) is 0 Å². The molecule has 0 aromatic heterocycles. The number of hydrogen-bond acceptors (Lipinski definition) is 4. The van der Waals surface area contributed by atoms with Gasteiger partial charge in [-0.2, -0.15) is 0 Å². The van der Waals surface area contributed by atoms with Gasteiger partial charge in [0.15, 0.2) is 0 Å². The first kappa shape index (κ1) is 18.2. The molecule has 146 valence electrons. The minimum absolute atomic E-state index is 0.132. The van der Waals surface area contributed by atoms with E-state index in [0.29, 0.717) is 17.8 Å². The Bertz CT molecular complexity index is 540. The maximum atomic E-state index is 12.6. The average molecular weight is 364 g/mol. The molecule has 0 aromatic carbocycles. The van der Waals surface area contributed by atoms with Crippen molar-refractivity contribution in [3.05, 3.63) is 0 Å². The molecule has 1 unspecified atom stereocenters. The summed E-state index contributed by atoms with van der Waals surface area (Å²) in [5.74, 6) is 0.858. The first-order valence-electron chi connectivity index (χ1n) is 10.4. The lowest BCUT2D eigenvalue weighted by Crippen LogP contribution is -2.50. The van der Waals surface area contributed by atoms with Gasteiger partial charge >= 0.3 is 0 Å². The van der Waals surface area contributed by atoms with Crippen molar-refractivity contribution in [1.82, 2.24) is 14.7 Å². The zero-order valence-corrected chi connectivity index (χ0v) is 16.1. The number of rotatable bonds is 5. The normalized spacial score (nSPS) is 29.6. The highest BCUT2D eigenvalue weighted by molar-refractivity contribution is 5.85. The second-order valence-corrected chi connectivity index (χ2v) is 8.83. The van der Waals surface area contributed by atoms with Crippen LogP contribution in [0.2, 0.25) is 0 Å². The predicted octanol–water partition coefficient (Wildman–Crippen LogP) is 1.35. The Morgan fingerprint density at radius 3 is 2.54 bits per heavy atom. The van der Waals surface area contributed by atoms with Crippen LogP contribution in [0.3, 0.4) is 0 Å². The molecular formula is C20H33N3O3. The Morgan fingerprint density at radius 2 is 1.96 bits per heavy atom. The van der Waals surface area contributed by atoms with Crippen LogP contribution in [0.15, 0.2) is 0 Å². The fraction of sp³-hybridized carbons (Fsp3) is 0.900. The zero-order valence-electron chi connectivity index (χ0n) is 16.1. The Morgan fingerprint density at radius 1 is 1.19 bits per heavy atom. The van der Waals surface area contributed by atoms with Crippen LogP contribution >= 0.6 is 0 Å². The van der Waals surface area contributed by atoms with E-state index in [1.807, 2.05) is 12.0 Å². The summed E-state index contributed by atoms with van der Waals surface area (Å²) in [5.41, 5.74) is 0.311. The van der Waals surface area contributed by atoms with Gasteiger partial charge in [-0.1, -0.05) is 6.42 Å². The molecule has 2 amide bonds. The van der Waals surface area contributed by atoms with E-state index in [1.165, 1.54) is 25.8 Å². The summed E-state index contributed by atoms with van der Waals surface area (Å²) < 4.78 is 5.56. The summed E-state index contributed by atoms with van der Waals surface area (Å²) in [6.07, 6.45) is 7.72. The molecule has 1 atom stereocenters. The standard InChI is InChI=1S/C20H33N3O3/c1-26-14-16-12-23(17-4-2-5-17)15-20(16)7-10-21(11-8-20)19(25)13-22-9-3-6-18(22)24/h16-17H,2-15H2,1H3. The molecule has 0 N–H and O–H groups in total. The molecule has 0 radical (unpaired) electrons. The molecule has 4 rings (SSSR count). The summed E-state index contributed by atoms with van der Waals surface area (Å²) in [6, 6.07) is 0.787. The lowest BCUT2D eigenvalue weighted by Gasteiger charge is -2.43. The van der Waals surface area contributed by atoms with Gasteiger partial charge in [0.25, 0.3) is 0 Å². The summed E-state index contributed by atoms with van der Waals surface area (Å²) in [4.78, 5) is 30.8. The Balaban J connectivity index is 1.34. The van der Waals surface area contributed by atoms with Gasteiger partial charge in [-0.3, -0.25) is 14.5 Å². The van der Waals surface area contributed by atoms with Crippen molar-refractivity contribution in [3.8, 4) is 0 Å². The van der Waals surface area contributed by atoms with E-state index >= 15 is 0 Å². The second-order valence-electron chi connectivity index (χ2n) is 8.83. The van der Waals surface area contributed by atoms with Crippen LogP contribution in [-0.4, -0.2) is 85.5 Å². The van der Waals surface area contributed by atoms with Gasteiger partial charge in [0.1, 0.15) is 0 Å². The molecular weight excluding hydrogens is 330 g/mol. The highest BCUT2D eigenvalue weighted by atomic mass is 16.5. The van der Waals surface area contributed by atoms with Gasteiger partial charge < -0.3 is 14.5 Å². The van der Waals surface area contributed by atoms with Crippen molar-refractivity contribution in [1.29, 1.82) is 0 Å². The smallest absolute Gasteiger partial charge is 0.242 e. The van der Waals surface area contributed by atoms with E-state index in [0.717, 1.165) is 58.1 Å². The SMILES string of the molecule is COCC1CN(C2CCC2)CC12CCN(C(=O)CN1CCCC1=O)CC2. The molecule has 1 spiro atoms. The first-order chi connectivity index (χ1) is 12.6. The number of carbonyl (C=O) groups excluding carboxylic acids is 2. The summed E-state index contributed by atoms with van der Waals surface area (Å²) in [7, 11) is 1.81. The zero-order chi connectivity index (χ0) is 18.1. The monoisotopic (exact) mass is 363 g/mol. The lowest BCUT2D eigenvalue weighted by atomic mass is 9.71. The molecule has 1 saturated carbocycles. The third-order valence-electron chi connectivity index (χ3n) is 7.41. The average Bonchev–Trinajstić information content (AvgIpc) is 3.12. The molecule has 26 heavy (non-hydrogen) atoms. The number of piperidine rings is 1. The number of likely N-dealkylation sites (tertiary alicyclic amines) is 3. The first-order valence-corrected chi connectivity index (χ1v) is 10.4. The number of hydrogen-bond donors (Lipinski definition) is 0. The minimum Gasteiger partial charge on any atom is -0.384 e. The molecule has 6 heteroatoms. The van der Waals surface area contributed by atoms with Crippen molar-refractivity contribution in [3.63, 3.8) is 0 Å². The van der Waals surface area contributed by atoms with Gasteiger partial charge in [0.2, 0.25) is 11.8 Å². The Hall–Kier alpha value is -1.14. The van der Waals surface area contributed by atoms with Gasteiger partial charge in [-0.15, -0.1) is 0 Å². The van der Waals surface area contributed by atoms with Crippen LogP contribution in [0, 0.1) is 11.3 Å². The summed E-state index contributed by atoms with van der Waals surface area (Å²) in [6.45, 7) is 5.86. The van der Waals surface area contributed by atoms with Crippen molar-refractivity contribution in [2.75, 3.05) is 53.0 Å². The van der Waals surface area contributed by atoms with Gasteiger partial charge in [-0.05, 0) is 37.5 Å². The van der Waals surface area contributed by atoms with Crippen LogP contribution in [0.25, 0.3) is 0 Å². The molecule has 6 nitrogen and oxygen atoms in total. The van der Waals surface area contributed by atoms with Gasteiger partial charge in [0.05, 0.1) is 13.2 Å². The molecule has 3 aliphatic heterocycles. The molecule has 3 saturated heterocycles. The number of carbonyl (C=O) groups is 2. The predicted molar refractivity (Wildman–Crippen MR) is 98.6 cm³/mol. The molecule has 3 heterocycles. The van der Waals surface area contributed by atoms with E-state index in [-0.39, 0.29) is 18.4 Å². The summed E-state index contributed by atoms with van der Waals surface area (Å²) >= 11 is 0. The van der Waals surface area contributed by atoms with Crippen molar-refractivity contribution >= 4 is 11.8 Å². The highest BCUT2D eigenvalue weighted by Crippen LogP contribution is 2.47. The third-order valence-corrected chi connectivity index (χ3v) is 7.41. The van der Waals surface area contributed by atoms with E-state index in [4.69, 9.17) is 4.74 Å². The van der Waals surface area contributed by atoms with Crippen molar-refractivity contribution < 1.29 is 14.3 Å². The van der Waals surface area contributed by atoms with Crippen LogP contribution < -0.4 is 0 Å². The third kappa shape index (κ3) is 3.38. The Labute approximate surface area is 156 Å². The molecule has 1 aliphatic carbocycles. The molecule has 0 aromatic rings. The fourth-order valence-corrected chi connectivity index (χ4v) is 5.44.